The van der Waals surface area contributed by atoms with Gasteiger partial charge >= 0.3 is 5.97 Å². The number of nitrogens with zero attached hydrogens (tertiary/aromatic N) is 3. The first-order valence-electron chi connectivity index (χ1n) is 5.43. The average molecular weight is 343 g/mol. The molecule has 8 heteroatoms. The number of carbonyl (C=O) groups is 1. The van der Waals surface area contributed by atoms with E-state index in [1.165, 1.54) is 11.3 Å². The highest BCUT2D eigenvalue weighted by atomic mass is 79.9. The van der Waals surface area contributed by atoms with Gasteiger partial charge in [-0.3, -0.25) is 4.68 Å². The van der Waals surface area contributed by atoms with Crippen molar-refractivity contribution in [3.63, 3.8) is 0 Å². The molecule has 6 nitrogen and oxygen atoms in total. The van der Waals surface area contributed by atoms with Gasteiger partial charge in [0.2, 0.25) is 0 Å². The van der Waals surface area contributed by atoms with Gasteiger partial charge in [0.1, 0.15) is 0 Å². The van der Waals surface area contributed by atoms with E-state index in [1.807, 2.05) is 18.4 Å². The lowest BCUT2D eigenvalue weighted by Crippen LogP contribution is -2.14. The summed E-state index contributed by atoms with van der Waals surface area (Å²) in [5.41, 5.74) is 5.85. The lowest BCUT2D eigenvalue weighted by atomic mass is 10.4. The zero-order valence-corrected chi connectivity index (χ0v) is 12.4. The second kappa shape index (κ2) is 5.98. The van der Waals surface area contributed by atoms with Crippen molar-refractivity contribution < 1.29 is 9.63 Å². The minimum atomic E-state index is -0.654. The SMILES string of the molecule is CCn1cc(Br)c(C(=O)O/N=C(\N)c2cccs2)n1. The second-order valence-corrected chi connectivity index (χ2v) is 5.32. The van der Waals surface area contributed by atoms with Gasteiger partial charge in [-0.2, -0.15) is 5.10 Å². The topological polar surface area (TPSA) is 82.5 Å². The van der Waals surface area contributed by atoms with Gasteiger partial charge in [-0.25, -0.2) is 4.79 Å². The number of carbonyl (C=O) groups excluding carboxylic acids is 1. The monoisotopic (exact) mass is 342 g/mol. The maximum Gasteiger partial charge on any atom is 0.387 e. The molecule has 19 heavy (non-hydrogen) atoms. The van der Waals surface area contributed by atoms with Crippen LogP contribution in [-0.4, -0.2) is 21.6 Å². The fourth-order valence-electron chi connectivity index (χ4n) is 1.30. The molecule has 0 fully saturated rings. The third-order valence-corrected chi connectivity index (χ3v) is 3.71. The summed E-state index contributed by atoms with van der Waals surface area (Å²) in [5.74, 6) is -0.493. The molecule has 0 aliphatic heterocycles. The molecule has 0 amide bonds. The zero-order chi connectivity index (χ0) is 13.8. The van der Waals surface area contributed by atoms with Crippen LogP contribution >= 0.6 is 27.3 Å². The zero-order valence-electron chi connectivity index (χ0n) is 10.0. The summed E-state index contributed by atoms with van der Waals surface area (Å²) in [6, 6.07) is 3.63. The molecule has 0 saturated carbocycles. The Kier molecular flexibility index (Phi) is 4.33. The highest BCUT2D eigenvalue weighted by Gasteiger charge is 2.17. The maximum atomic E-state index is 11.8. The summed E-state index contributed by atoms with van der Waals surface area (Å²) < 4.78 is 2.18. The molecule has 0 spiro atoms. The van der Waals surface area contributed by atoms with E-state index in [1.54, 1.807) is 16.9 Å². The molecule has 2 aromatic heterocycles. The molecule has 100 valence electrons. The summed E-state index contributed by atoms with van der Waals surface area (Å²) in [6.07, 6.45) is 1.70. The van der Waals surface area contributed by atoms with E-state index < -0.39 is 5.97 Å². The van der Waals surface area contributed by atoms with Gasteiger partial charge in [-0.15, -0.1) is 11.3 Å². The highest BCUT2D eigenvalue weighted by molar-refractivity contribution is 9.10. The van der Waals surface area contributed by atoms with E-state index in [4.69, 9.17) is 10.6 Å². The van der Waals surface area contributed by atoms with Crippen molar-refractivity contribution in [2.45, 2.75) is 13.5 Å². The minimum Gasteiger partial charge on any atom is -0.380 e. The van der Waals surface area contributed by atoms with Crippen LogP contribution in [0.3, 0.4) is 0 Å². The van der Waals surface area contributed by atoms with Gasteiger partial charge in [-0.05, 0) is 34.3 Å². The lowest BCUT2D eigenvalue weighted by Gasteiger charge is -1.97. The van der Waals surface area contributed by atoms with E-state index in [-0.39, 0.29) is 11.5 Å². The van der Waals surface area contributed by atoms with Gasteiger partial charge in [0.25, 0.3) is 0 Å². The molecule has 0 aromatic carbocycles. The Morgan fingerprint density at radius 3 is 3.05 bits per heavy atom. The Morgan fingerprint density at radius 2 is 2.47 bits per heavy atom. The smallest absolute Gasteiger partial charge is 0.380 e. The number of aryl methyl sites for hydroxylation is 1. The third kappa shape index (κ3) is 3.21. The van der Waals surface area contributed by atoms with Crippen LogP contribution in [0.4, 0.5) is 0 Å². The largest absolute Gasteiger partial charge is 0.387 e. The molecule has 0 atom stereocenters. The summed E-state index contributed by atoms with van der Waals surface area (Å²) in [7, 11) is 0. The molecule has 2 aromatic rings. The number of thiophene rings is 1. The van der Waals surface area contributed by atoms with Gasteiger partial charge in [-0.1, -0.05) is 11.2 Å². The number of nitrogens with two attached hydrogens (primary N) is 1. The van der Waals surface area contributed by atoms with Crippen LogP contribution in [0.5, 0.6) is 0 Å². The van der Waals surface area contributed by atoms with E-state index in [2.05, 4.69) is 26.2 Å². The molecule has 0 bridgehead atoms. The van der Waals surface area contributed by atoms with Crippen molar-refractivity contribution in [2.75, 3.05) is 0 Å². The predicted octanol–water partition coefficient (Wildman–Crippen LogP) is 2.20. The van der Waals surface area contributed by atoms with Gasteiger partial charge in [0.05, 0.1) is 9.35 Å². The summed E-state index contributed by atoms with van der Waals surface area (Å²) >= 11 is 4.66. The van der Waals surface area contributed by atoms with Gasteiger partial charge in [0.15, 0.2) is 11.5 Å². The van der Waals surface area contributed by atoms with Crippen molar-refractivity contribution in [2.24, 2.45) is 10.9 Å². The van der Waals surface area contributed by atoms with Crippen LogP contribution < -0.4 is 5.73 Å². The van der Waals surface area contributed by atoms with E-state index in [0.717, 1.165) is 4.88 Å². The first kappa shape index (κ1) is 13.8. The number of rotatable bonds is 4. The Hall–Kier alpha value is -1.67. The Labute approximate surface area is 122 Å². The molecule has 0 radical (unpaired) electrons. The Bertz CT molecular complexity index is 606. The molecule has 2 heterocycles. The number of amidine groups is 1. The third-order valence-electron chi connectivity index (χ3n) is 2.23. The first-order valence-corrected chi connectivity index (χ1v) is 7.10. The van der Waals surface area contributed by atoms with Crippen molar-refractivity contribution in [1.82, 2.24) is 9.78 Å². The van der Waals surface area contributed by atoms with Crippen molar-refractivity contribution in [3.8, 4) is 0 Å². The number of halogens is 1. The number of oxime groups is 1. The van der Waals surface area contributed by atoms with E-state index in [9.17, 15) is 4.79 Å². The molecule has 0 saturated heterocycles. The molecular formula is C11H11BrN4O2S. The molecular weight excluding hydrogens is 332 g/mol. The second-order valence-electron chi connectivity index (χ2n) is 3.51. The fourth-order valence-corrected chi connectivity index (χ4v) is 2.40. The summed E-state index contributed by atoms with van der Waals surface area (Å²) in [6.45, 7) is 2.58. The van der Waals surface area contributed by atoms with Crippen LogP contribution in [0, 0.1) is 0 Å². The van der Waals surface area contributed by atoms with Crippen LogP contribution in [0.15, 0.2) is 33.3 Å². The lowest BCUT2D eigenvalue weighted by molar-refractivity contribution is 0.0507. The van der Waals surface area contributed by atoms with Crippen molar-refractivity contribution in [1.29, 1.82) is 0 Å². The van der Waals surface area contributed by atoms with Gasteiger partial charge < -0.3 is 10.6 Å². The average Bonchev–Trinajstić information content (AvgIpc) is 3.04. The van der Waals surface area contributed by atoms with Crippen LogP contribution in [0.2, 0.25) is 0 Å². The quantitative estimate of drug-likeness (QED) is 0.399. The van der Waals surface area contributed by atoms with E-state index >= 15 is 0 Å². The molecule has 0 aliphatic carbocycles. The Balaban J connectivity index is 2.09. The predicted molar refractivity (Wildman–Crippen MR) is 76.1 cm³/mol. The van der Waals surface area contributed by atoms with Crippen molar-refractivity contribution in [3.05, 3.63) is 38.8 Å². The molecule has 0 aliphatic rings. The summed E-state index contributed by atoms with van der Waals surface area (Å²) in [4.78, 5) is 17.3. The van der Waals surface area contributed by atoms with E-state index in [0.29, 0.717) is 11.0 Å². The fraction of sp³-hybridized carbons (Fsp3) is 0.182. The number of aromatic nitrogens is 2. The maximum absolute atomic E-state index is 11.8. The number of hydrogen-bond donors (Lipinski definition) is 1. The first-order chi connectivity index (χ1) is 9.11. The molecule has 2 rings (SSSR count). The van der Waals surface area contributed by atoms with Crippen LogP contribution in [0.25, 0.3) is 0 Å². The van der Waals surface area contributed by atoms with Crippen LogP contribution in [0.1, 0.15) is 22.3 Å². The minimum absolute atomic E-state index is 0.161. The normalized spacial score (nSPS) is 11.6. The summed E-state index contributed by atoms with van der Waals surface area (Å²) in [5, 5.41) is 9.52. The van der Waals surface area contributed by atoms with Gasteiger partial charge in [0, 0.05) is 12.7 Å². The number of hydrogen-bond acceptors (Lipinski definition) is 5. The highest BCUT2D eigenvalue weighted by Crippen LogP contribution is 2.16. The standard InChI is InChI=1S/C11H11BrN4O2S/c1-2-16-6-7(12)9(14-16)11(17)18-15-10(13)8-4-3-5-19-8/h3-6H,2H2,1H3,(H2,13,15). The van der Waals surface area contributed by atoms with Crippen molar-refractivity contribution >= 4 is 39.1 Å². The Morgan fingerprint density at radius 1 is 1.68 bits per heavy atom. The molecule has 0 unspecified atom stereocenters. The molecule has 2 N–H and O–H groups in total. The van der Waals surface area contributed by atoms with Crippen LogP contribution in [-0.2, 0) is 11.4 Å².